The number of hydrogen-bond donors (Lipinski definition) is 2. The summed E-state index contributed by atoms with van der Waals surface area (Å²) in [4.78, 5) is 10.7. The second-order valence-electron chi connectivity index (χ2n) is 3.71. The molecule has 1 amide bonds. The predicted octanol–water partition coefficient (Wildman–Crippen LogP) is 0.00390. The zero-order chi connectivity index (χ0) is 13.6. The van der Waals surface area contributed by atoms with Gasteiger partial charge in [0.1, 0.15) is 6.61 Å². The van der Waals surface area contributed by atoms with Crippen molar-refractivity contribution < 1.29 is 17.9 Å². The van der Waals surface area contributed by atoms with E-state index in [9.17, 15) is 13.2 Å². The Kier molecular flexibility index (Phi) is 5.11. The Hall–Kier alpha value is -1.60. The summed E-state index contributed by atoms with van der Waals surface area (Å²) in [7, 11) is -3.27. The number of carbonyl (C=O) groups excluding carboxylic acids is 1. The zero-order valence-electron chi connectivity index (χ0n) is 10.0. The zero-order valence-corrected chi connectivity index (χ0v) is 10.9. The third-order valence-corrected chi connectivity index (χ3v) is 3.25. The van der Waals surface area contributed by atoms with Gasteiger partial charge in [-0.1, -0.05) is 12.1 Å². The van der Waals surface area contributed by atoms with Crippen LogP contribution in [0, 0.1) is 0 Å². The van der Waals surface area contributed by atoms with Crippen molar-refractivity contribution in [1.82, 2.24) is 0 Å². The van der Waals surface area contributed by atoms with E-state index in [1.807, 2.05) is 0 Å². The molecule has 0 aromatic heterocycles. The molecule has 0 atom stereocenters. The quantitative estimate of drug-likeness (QED) is 0.681. The molecule has 0 unspecified atom stereocenters. The van der Waals surface area contributed by atoms with Gasteiger partial charge in [-0.15, -0.1) is 0 Å². The summed E-state index contributed by atoms with van der Waals surface area (Å²) < 4.78 is 28.0. The van der Waals surface area contributed by atoms with E-state index in [4.69, 9.17) is 10.5 Å². The van der Waals surface area contributed by atoms with Crippen LogP contribution >= 0.6 is 0 Å². The molecule has 0 heterocycles. The van der Waals surface area contributed by atoms with E-state index in [0.29, 0.717) is 12.2 Å². The van der Waals surface area contributed by atoms with E-state index in [0.717, 1.165) is 6.26 Å². The number of para-hydroxylation sites is 1. The van der Waals surface area contributed by atoms with Gasteiger partial charge >= 0.3 is 0 Å². The van der Waals surface area contributed by atoms with Crippen molar-refractivity contribution in [3.05, 3.63) is 24.3 Å². The number of ether oxygens (including phenoxy) is 1. The summed E-state index contributed by atoms with van der Waals surface area (Å²) in [5.74, 6) is -0.536. The van der Waals surface area contributed by atoms with Crippen LogP contribution in [0.4, 0.5) is 5.69 Å². The summed E-state index contributed by atoms with van der Waals surface area (Å²) in [6, 6.07) is 6.60. The third kappa shape index (κ3) is 4.72. The average molecular weight is 272 g/mol. The number of primary amides is 1. The Labute approximate surface area is 106 Å². The lowest BCUT2D eigenvalue weighted by molar-refractivity contribution is -0.122. The first-order valence-electron chi connectivity index (χ1n) is 5.30. The van der Waals surface area contributed by atoms with Gasteiger partial charge in [0.15, 0.2) is 9.84 Å². The molecule has 3 N–H and O–H groups in total. The van der Waals surface area contributed by atoms with E-state index in [1.54, 1.807) is 18.2 Å². The highest BCUT2D eigenvalue weighted by molar-refractivity contribution is 7.90. The fourth-order valence-corrected chi connectivity index (χ4v) is 2.23. The van der Waals surface area contributed by atoms with Crippen LogP contribution in [-0.4, -0.2) is 40.3 Å². The Morgan fingerprint density at radius 3 is 2.67 bits per heavy atom. The molecule has 18 heavy (non-hydrogen) atoms. The van der Waals surface area contributed by atoms with Gasteiger partial charge < -0.3 is 15.8 Å². The van der Waals surface area contributed by atoms with Crippen LogP contribution in [0.5, 0.6) is 0 Å². The van der Waals surface area contributed by atoms with Gasteiger partial charge in [-0.3, -0.25) is 4.79 Å². The topological polar surface area (TPSA) is 98.5 Å². The lowest BCUT2D eigenvalue weighted by Gasteiger charge is -2.10. The Morgan fingerprint density at radius 2 is 2.06 bits per heavy atom. The van der Waals surface area contributed by atoms with Crippen molar-refractivity contribution >= 4 is 21.4 Å². The highest BCUT2D eigenvalue weighted by Gasteiger charge is 2.11. The van der Waals surface area contributed by atoms with Gasteiger partial charge in [0, 0.05) is 12.8 Å². The molecule has 0 bridgehead atoms. The molecule has 0 saturated carbocycles. The van der Waals surface area contributed by atoms with Crippen LogP contribution in [0.2, 0.25) is 0 Å². The number of anilines is 1. The SMILES string of the molecule is CS(=O)(=O)c1ccccc1NCCOCC(N)=O. The number of rotatable bonds is 7. The van der Waals surface area contributed by atoms with Gasteiger partial charge in [0.25, 0.3) is 0 Å². The summed E-state index contributed by atoms with van der Waals surface area (Å²) in [6.07, 6.45) is 1.15. The largest absolute Gasteiger partial charge is 0.382 e. The Bertz CT molecular complexity index is 514. The second-order valence-corrected chi connectivity index (χ2v) is 5.70. The van der Waals surface area contributed by atoms with E-state index < -0.39 is 15.7 Å². The average Bonchev–Trinajstić information content (AvgIpc) is 2.27. The van der Waals surface area contributed by atoms with Crippen molar-refractivity contribution in [2.75, 3.05) is 31.3 Å². The molecule has 0 radical (unpaired) electrons. The van der Waals surface area contributed by atoms with E-state index in [-0.39, 0.29) is 18.1 Å². The van der Waals surface area contributed by atoms with Crippen molar-refractivity contribution in [1.29, 1.82) is 0 Å². The molecule has 1 aromatic rings. The number of benzene rings is 1. The number of sulfone groups is 1. The van der Waals surface area contributed by atoms with Gasteiger partial charge in [-0.2, -0.15) is 0 Å². The first-order chi connectivity index (χ1) is 8.41. The molecule has 0 saturated heterocycles. The molecule has 1 rings (SSSR count). The standard InChI is InChI=1S/C11H16N2O4S/c1-18(15,16)10-5-3-2-4-9(10)13-6-7-17-8-11(12)14/h2-5,13H,6-8H2,1H3,(H2,12,14). The summed E-state index contributed by atoms with van der Waals surface area (Å²) >= 11 is 0. The molecule has 0 aliphatic carbocycles. The molecule has 7 heteroatoms. The summed E-state index contributed by atoms with van der Waals surface area (Å²) in [5, 5.41) is 2.94. The van der Waals surface area contributed by atoms with Crippen LogP contribution < -0.4 is 11.1 Å². The molecule has 6 nitrogen and oxygen atoms in total. The van der Waals surface area contributed by atoms with E-state index in [1.165, 1.54) is 6.07 Å². The van der Waals surface area contributed by atoms with Crippen LogP contribution in [0.3, 0.4) is 0 Å². The fraction of sp³-hybridized carbons (Fsp3) is 0.364. The minimum atomic E-state index is -3.27. The molecule has 0 aliphatic heterocycles. The first kappa shape index (κ1) is 14.5. The minimum Gasteiger partial charge on any atom is -0.382 e. The normalized spacial score (nSPS) is 11.2. The Morgan fingerprint density at radius 1 is 1.39 bits per heavy atom. The second kappa shape index (κ2) is 6.36. The van der Waals surface area contributed by atoms with Gasteiger partial charge in [-0.25, -0.2) is 8.42 Å². The maximum atomic E-state index is 11.5. The van der Waals surface area contributed by atoms with Crippen LogP contribution in [0.1, 0.15) is 0 Å². The van der Waals surface area contributed by atoms with Gasteiger partial charge in [0.2, 0.25) is 5.91 Å². The maximum absolute atomic E-state index is 11.5. The smallest absolute Gasteiger partial charge is 0.243 e. The molecule has 0 fully saturated rings. The molecular formula is C11H16N2O4S. The third-order valence-electron chi connectivity index (χ3n) is 2.09. The number of nitrogens with two attached hydrogens (primary N) is 1. The Balaban J connectivity index is 2.55. The fourth-order valence-electron chi connectivity index (χ4n) is 1.37. The van der Waals surface area contributed by atoms with Crippen LogP contribution in [0.15, 0.2) is 29.2 Å². The summed E-state index contributed by atoms with van der Waals surface area (Å²) in [6.45, 7) is 0.510. The van der Waals surface area contributed by atoms with Crippen molar-refractivity contribution in [3.8, 4) is 0 Å². The van der Waals surface area contributed by atoms with Gasteiger partial charge in [-0.05, 0) is 12.1 Å². The van der Waals surface area contributed by atoms with E-state index in [2.05, 4.69) is 5.32 Å². The van der Waals surface area contributed by atoms with Crippen molar-refractivity contribution in [2.45, 2.75) is 4.90 Å². The summed E-state index contributed by atoms with van der Waals surface area (Å²) in [5.41, 5.74) is 5.42. The monoisotopic (exact) mass is 272 g/mol. The molecule has 0 aliphatic rings. The lowest BCUT2D eigenvalue weighted by atomic mass is 10.3. The lowest BCUT2D eigenvalue weighted by Crippen LogP contribution is -2.20. The maximum Gasteiger partial charge on any atom is 0.243 e. The van der Waals surface area contributed by atoms with Crippen molar-refractivity contribution in [3.63, 3.8) is 0 Å². The predicted molar refractivity (Wildman–Crippen MR) is 68.1 cm³/mol. The van der Waals surface area contributed by atoms with Crippen LogP contribution in [-0.2, 0) is 19.4 Å². The van der Waals surface area contributed by atoms with Crippen LogP contribution in [0.25, 0.3) is 0 Å². The highest BCUT2D eigenvalue weighted by Crippen LogP contribution is 2.19. The number of nitrogens with one attached hydrogen (secondary N) is 1. The van der Waals surface area contributed by atoms with Crippen molar-refractivity contribution in [2.24, 2.45) is 5.73 Å². The van der Waals surface area contributed by atoms with Gasteiger partial charge in [0.05, 0.1) is 17.2 Å². The first-order valence-corrected chi connectivity index (χ1v) is 7.19. The van der Waals surface area contributed by atoms with E-state index >= 15 is 0 Å². The number of carbonyl (C=O) groups is 1. The number of hydrogen-bond acceptors (Lipinski definition) is 5. The highest BCUT2D eigenvalue weighted by atomic mass is 32.2. The number of amides is 1. The molecule has 1 aromatic carbocycles. The molecule has 0 spiro atoms. The molecule has 100 valence electrons. The minimum absolute atomic E-state index is 0.143. The molecular weight excluding hydrogens is 256 g/mol.